The van der Waals surface area contributed by atoms with E-state index in [1.807, 2.05) is 0 Å². The molecule has 1 aromatic rings. The summed E-state index contributed by atoms with van der Waals surface area (Å²) in [6, 6.07) is 8.47. The highest BCUT2D eigenvalue weighted by Gasteiger charge is 2.54. The number of aryl methyl sites for hydroxylation is 1. The SMILES string of the molecule is Cc1ccccc1[C@@H]1CNC(=O)C12CCC2. The van der Waals surface area contributed by atoms with Gasteiger partial charge in [-0.25, -0.2) is 0 Å². The standard InChI is InChI=1S/C14H17NO/c1-10-5-2-3-6-11(10)12-9-15-13(16)14(12)7-4-8-14/h2-3,5-6,12H,4,7-9H2,1H3,(H,15,16)/t12-/m0/s1. The second kappa shape index (κ2) is 3.34. The second-order valence-electron chi connectivity index (χ2n) is 5.13. The number of rotatable bonds is 1. The zero-order valence-electron chi connectivity index (χ0n) is 9.62. The number of benzene rings is 1. The summed E-state index contributed by atoms with van der Waals surface area (Å²) in [5.41, 5.74) is 2.61. The number of carbonyl (C=O) groups excluding carboxylic acids is 1. The van der Waals surface area contributed by atoms with Gasteiger partial charge < -0.3 is 5.32 Å². The first-order valence-electron chi connectivity index (χ1n) is 6.08. The van der Waals surface area contributed by atoms with Gasteiger partial charge in [-0.15, -0.1) is 0 Å². The monoisotopic (exact) mass is 215 g/mol. The Morgan fingerprint density at radius 3 is 2.69 bits per heavy atom. The summed E-state index contributed by atoms with van der Waals surface area (Å²) >= 11 is 0. The van der Waals surface area contributed by atoms with Crippen LogP contribution in [0.5, 0.6) is 0 Å². The topological polar surface area (TPSA) is 29.1 Å². The maximum absolute atomic E-state index is 12.0. The van der Waals surface area contributed by atoms with Crippen LogP contribution in [0.2, 0.25) is 0 Å². The van der Waals surface area contributed by atoms with E-state index in [0.29, 0.717) is 5.92 Å². The Morgan fingerprint density at radius 1 is 1.31 bits per heavy atom. The molecule has 1 heterocycles. The number of hydrogen-bond acceptors (Lipinski definition) is 1. The van der Waals surface area contributed by atoms with Crippen LogP contribution in [0, 0.1) is 12.3 Å². The van der Waals surface area contributed by atoms with E-state index in [1.54, 1.807) is 0 Å². The summed E-state index contributed by atoms with van der Waals surface area (Å²) in [6.45, 7) is 2.97. The third-order valence-corrected chi connectivity index (χ3v) is 4.40. The van der Waals surface area contributed by atoms with Crippen LogP contribution in [0.1, 0.15) is 36.3 Å². The molecule has 1 saturated carbocycles. The predicted octanol–water partition coefficient (Wildman–Crippen LogP) is 2.38. The zero-order chi connectivity index (χ0) is 11.2. The van der Waals surface area contributed by atoms with Crippen LogP contribution in [-0.2, 0) is 4.79 Å². The molecular weight excluding hydrogens is 198 g/mol. The molecule has 2 aliphatic rings. The van der Waals surface area contributed by atoms with Crippen LogP contribution in [0.15, 0.2) is 24.3 Å². The largest absolute Gasteiger partial charge is 0.355 e. The normalized spacial score (nSPS) is 26.6. The Bertz CT molecular complexity index is 434. The van der Waals surface area contributed by atoms with Gasteiger partial charge >= 0.3 is 0 Å². The van der Waals surface area contributed by atoms with Crippen molar-refractivity contribution < 1.29 is 4.79 Å². The fourth-order valence-electron chi connectivity index (χ4n) is 3.24. The van der Waals surface area contributed by atoms with Crippen LogP contribution < -0.4 is 5.32 Å². The molecule has 0 bridgehead atoms. The highest BCUT2D eigenvalue weighted by atomic mass is 16.2. The highest BCUT2D eigenvalue weighted by Crippen LogP contribution is 2.54. The maximum Gasteiger partial charge on any atom is 0.226 e. The first-order valence-corrected chi connectivity index (χ1v) is 6.08. The second-order valence-corrected chi connectivity index (χ2v) is 5.13. The average molecular weight is 215 g/mol. The van der Waals surface area contributed by atoms with Gasteiger partial charge in [0.15, 0.2) is 0 Å². The molecule has 2 nitrogen and oxygen atoms in total. The van der Waals surface area contributed by atoms with E-state index in [0.717, 1.165) is 19.4 Å². The van der Waals surface area contributed by atoms with Crippen molar-refractivity contribution in [2.45, 2.75) is 32.1 Å². The predicted molar refractivity (Wildman–Crippen MR) is 63.2 cm³/mol. The summed E-state index contributed by atoms with van der Waals surface area (Å²) in [7, 11) is 0. The minimum absolute atomic E-state index is 0.0634. The fourth-order valence-corrected chi connectivity index (χ4v) is 3.24. The lowest BCUT2D eigenvalue weighted by Crippen LogP contribution is -2.40. The van der Waals surface area contributed by atoms with Gasteiger partial charge in [0.05, 0.1) is 5.41 Å². The maximum atomic E-state index is 12.0. The molecular formula is C14H17NO. The van der Waals surface area contributed by atoms with E-state index in [-0.39, 0.29) is 11.3 Å². The van der Waals surface area contributed by atoms with Gasteiger partial charge in [0.2, 0.25) is 5.91 Å². The number of amides is 1. The van der Waals surface area contributed by atoms with Crippen LogP contribution in [0.4, 0.5) is 0 Å². The van der Waals surface area contributed by atoms with E-state index < -0.39 is 0 Å². The smallest absolute Gasteiger partial charge is 0.226 e. The first kappa shape index (κ1) is 9.88. The van der Waals surface area contributed by atoms with Crippen molar-refractivity contribution in [2.24, 2.45) is 5.41 Å². The van der Waals surface area contributed by atoms with Crippen LogP contribution >= 0.6 is 0 Å². The molecule has 3 rings (SSSR count). The van der Waals surface area contributed by atoms with Gasteiger partial charge in [0.25, 0.3) is 0 Å². The molecule has 1 atom stereocenters. The third-order valence-electron chi connectivity index (χ3n) is 4.40. The summed E-state index contributed by atoms with van der Waals surface area (Å²) in [4.78, 5) is 12.0. The lowest BCUT2D eigenvalue weighted by atomic mass is 9.60. The number of nitrogens with one attached hydrogen (secondary N) is 1. The molecule has 1 aliphatic heterocycles. The van der Waals surface area contributed by atoms with Crippen molar-refractivity contribution in [2.75, 3.05) is 6.54 Å². The van der Waals surface area contributed by atoms with Gasteiger partial charge in [0.1, 0.15) is 0 Å². The fraction of sp³-hybridized carbons (Fsp3) is 0.500. The molecule has 16 heavy (non-hydrogen) atoms. The molecule has 1 aromatic carbocycles. The van der Waals surface area contributed by atoms with E-state index in [4.69, 9.17) is 0 Å². The Balaban J connectivity index is 2.02. The van der Waals surface area contributed by atoms with Crippen LogP contribution in [0.25, 0.3) is 0 Å². The summed E-state index contributed by atoms with van der Waals surface area (Å²) < 4.78 is 0. The van der Waals surface area contributed by atoms with E-state index in [9.17, 15) is 4.79 Å². The van der Waals surface area contributed by atoms with Crippen molar-refractivity contribution in [1.29, 1.82) is 0 Å². The highest BCUT2D eigenvalue weighted by molar-refractivity contribution is 5.87. The van der Waals surface area contributed by atoms with Gasteiger partial charge in [-0.2, -0.15) is 0 Å². The lowest BCUT2D eigenvalue weighted by molar-refractivity contribution is -0.132. The number of hydrogen-bond donors (Lipinski definition) is 1. The first-order chi connectivity index (χ1) is 7.74. The molecule has 0 unspecified atom stereocenters. The number of carbonyl (C=O) groups is 1. The molecule has 1 spiro atoms. The summed E-state index contributed by atoms with van der Waals surface area (Å²) in [6.07, 6.45) is 3.34. The molecule has 0 radical (unpaired) electrons. The minimum Gasteiger partial charge on any atom is -0.355 e. The molecule has 0 aromatic heterocycles. The van der Waals surface area contributed by atoms with Crippen molar-refractivity contribution in [1.82, 2.24) is 5.32 Å². The van der Waals surface area contributed by atoms with E-state index >= 15 is 0 Å². The minimum atomic E-state index is -0.0634. The summed E-state index contributed by atoms with van der Waals surface area (Å²) in [5, 5.41) is 3.05. The summed E-state index contributed by atoms with van der Waals surface area (Å²) in [5.74, 6) is 0.682. The molecule has 1 saturated heterocycles. The molecule has 1 aliphatic carbocycles. The van der Waals surface area contributed by atoms with Gasteiger partial charge in [-0.3, -0.25) is 4.79 Å². The van der Waals surface area contributed by atoms with Gasteiger partial charge in [-0.1, -0.05) is 30.7 Å². The Labute approximate surface area is 96.1 Å². The Morgan fingerprint density at radius 2 is 2.06 bits per heavy atom. The molecule has 2 heteroatoms. The molecule has 84 valence electrons. The van der Waals surface area contributed by atoms with Gasteiger partial charge in [-0.05, 0) is 30.9 Å². The zero-order valence-corrected chi connectivity index (χ0v) is 9.62. The van der Waals surface area contributed by atoms with Crippen LogP contribution in [0.3, 0.4) is 0 Å². The van der Waals surface area contributed by atoms with Crippen molar-refractivity contribution in [3.63, 3.8) is 0 Å². The molecule has 2 fully saturated rings. The average Bonchev–Trinajstić information content (AvgIpc) is 2.56. The van der Waals surface area contributed by atoms with Gasteiger partial charge in [0, 0.05) is 12.5 Å². The van der Waals surface area contributed by atoms with E-state index in [2.05, 4.69) is 36.5 Å². The van der Waals surface area contributed by atoms with Crippen LogP contribution in [-0.4, -0.2) is 12.5 Å². The quantitative estimate of drug-likeness (QED) is 0.765. The molecule has 1 amide bonds. The molecule has 1 N–H and O–H groups in total. The van der Waals surface area contributed by atoms with Crippen molar-refractivity contribution in [3.8, 4) is 0 Å². The van der Waals surface area contributed by atoms with Crippen molar-refractivity contribution >= 4 is 5.91 Å². The van der Waals surface area contributed by atoms with Crippen molar-refractivity contribution in [3.05, 3.63) is 35.4 Å². The Hall–Kier alpha value is -1.31. The third kappa shape index (κ3) is 1.16. The van der Waals surface area contributed by atoms with E-state index in [1.165, 1.54) is 17.5 Å². The Kier molecular flexibility index (Phi) is 2.06. The lowest BCUT2D eigenvalue weighted by Gasteiger charge is -2.41.